The van der Waals surface area contributed by atoms with E-state index in [9.17, 15) is 0 Å². The Labute approximate surface area is 268 Å². The zero-order chi connectivity index (χ0) is 30.7. The number of benzene rings is 6. The SMILES string of the molecule is O=P1(c2ccccc2)c2ccccc2N(c2ccccc2)c2ccc(C3(c4cccnc4)c4ccccc4-c4ccccc43)cc21. The first-order chi connectivity index (χ1) is 22.7. The van der Waals surface area contributed by atoms with Gasteiger partial charge < -0.3 is 9.46 Å². The van der Waals surface area contributed by atoms with Crippen LogP contribution >= 0.6 is 7.14 Å². The smallest absolute Gasteiger partial charge is 0.175 e. The zero-order valence-corrected chi connectivity index (χ0v) is 25.9. The molecule has 0 amide bonds. The number of pyridine rings is 1. The predicted octanol–water partition coefficient (Wildman–Crippen LogP) is 8.87. The van der Waals surface area contributed by atoms with Gasteiger partial charge in [-0.25, -0.2) is 0 Å². The molecule has 2 heterocycles. The Balaban J connectivity index is 1.41. The largest absolute Gasteiger partial charge is 0.309 e. The lowest BCUT2D eigenvalue weighted by Crippen LogP contribution is -2.38. The third-order valence-electron chi connectivity index (χ3n) is 9.63. The molecule has 0 spiro atoms. The van der Waals surface area contributed by atoms with Gasteiger partial charge in [0.2, 0.25) is 0 Å². The number of fused-ring (bicyclic) bond motifs is 5. The molecule has 0 bridgehead atoms. The number of para-hydroxylation sites is 2. The standard InChI is InChI=1S/C42H29N2OP/c45-46(33-17-5-2-6-18-33)40-24-12-11-23-38(40)44(32-15-3-1-4-16-32)39-26-25-30(28-41(39)46)42(31-14-13-27-43-29-31)36-21-9-7-19-34(36)35-20-8-10-22-37(35)42/h1-29H. The van der Waals surface area contributed by atoms with E-state index in [-0.39, 0.29) is 0 Å². The van der Waals surface area contributed by atoms with Crippen molar-refractivity contribution in [2.45, 2.75) is 5.41 Å². The van der Waals surface area contributed by atoms with Gasteiger partial charge in [-0.05, 0) is 75.8 Å². The monoisotopic (exact) mass is 608 g/mol. The van der Waals surface area contributed by atoms with Crippen LogP contribution in [0.4, 0.5) is 17.1 Å². The van der Waals surface area contributed by atoms with Crippen molar-refractivity contribution < 1.29 is 4.57 Å². The van der Waals surface area contributed by atoms with E-state index >= 15 is 4.57 Å². The summed E-state index contributed by atoms with van der Waals surface area (Å²) in [6, 6.07) is 56.8. The summed E-state index contributed by atoms with van der Waals surface area (Å²) in [6.45, 7) is 0. The van der Waals surface area contributed by atoms with Crippen LogP contribution in [0.25, 0.3) is 11.1 Å². The van der Waals surface area contributed by atoms with E-state index in [0.717, 1.165) is 44.1 Å². The molecule has 1 atom stereocenters. The first-order valence-electron chi connectivity index (χ1n) is 15.6. The molecule has 0 fully saturated rings. The van der Waals surface area contributed by atoms with Crippen molar-refractivity contribution in [3.05, 3.63) is 198 Å². The Bertz CT molecular complexity index is 2260. The lowest BCUT2D eigenvalue weighted by molar-refractivity contribution is 0.592. The summed E-state index contributed by atoms with van der Waals surface area (Å²) in [7, 11) is -3.32. The van der Waals surface area contributed by atoms with Gasteiger partial charge in [0.25, 0.3) is 0 Å². The van der Waals surface area contributed by atoms with Crippen LogP contribution in [0.3, 0.4) is 0 Å². The minimum Gasteiger partial charge on any atom is -0.309 e. The molecule has 1 aromatic heterocycles. The highest BCUT2D eigenvalue weighted by atomic mass is 31.2. The molecule has 0 saturated carbocycles. The van der Waals surface area contributed by atoms with Crippen molar-refractivity contribution in [2.24, 2.45) is 0 Å². The molecule has 4 heteroatoms. The molecule has 0 radical (unpaired) electrons. The van der Waals surface area contributed by atoms with Crippen LogP contribution in [0, 0.1) is 0 Å². The van der Waals surface area contributed by atoms with Crippen LogP contribution in [-0.2, 0) is 9.98 Å². The van der Waals surface area contributed by atoms with Gasteiger partial charge in [0, 0.05) is 34.0 Å². The van der Waals surface area contributed by atoms with Crippen LogP contribution in [0.2, 0.25) is 0 Å². The van der Waals surface area contributed by atoms with Crippen LogP contribution in [0.1, 0.15) is 22.3 Å². The Morgan fingerprint density at radius 2 is 1.13 bits per heavy atom. The van der Waals surface area contributed by atoms with E-state index < -0.39 is 12.6 Å². The zero-order valence-electron chi connectivity index (χ0n) is 25.0. The molecule has 2 aliphatic rings. The highest BCUT2D eigenvalue weighted by Gasteiger charge is 2.48. The summed E-state index contributed by atoms with van der Waals surface area (Å²) in [5.74, 6) is 0. The molecule has 218 valence electrons. The van der Waals surface area contributed by atoms with Crippen molar-refractivity contribution in [3.8, 4) is 11.1 Å². The van der Waals surface area contributed by atoms with E-state index in [1.54, 1.807) is 0 Å². The number of nitrogens with zero attached hydrogens (tertiary/aromatic N) is 2. The fraction of sp³-hybridized carbons (Fsp3) is 0.0238. The van der Waals surface area contributed by atoms with Gasteiger partial charge >= 0.3 is 0 Å². The van der Waals surface area contributed by atoms with E-state index in [0.29, 0.717) is 0 Å². The fourth-order valence-electron chi connectivity index (χ4n) is 7.76. The number of anilines is 3. The minimum atomic E-state index is -3.32. The predicted molar refractivity (Wildman–Crippen MR) is 189 cm³/mol. The van der Waals surface area contributed by atoms with Crippen molar-refractivity contribution in [1.82, 2.24) is 4.98 Å². The second kappa shape index (κ2) is 10.3. The van der Waals surface area contributed by atoms with Crippen LogP contribution in [-0.4, -0.2) is 4.98 Å². The minimum absolute atomic E-state index is 0.646. The maximum absolute atomic E-state index is 16.1. The van der Waals surface area contributed by atoms with Crippen molar-refractivity contribution in [1.29, 1.82) is 0 Å². The second-order valence-corrected chi connectivity index (χ2v) is 14.6. The number of hydrogen-bond donors (Lipinski definition) is 0. The topological polar surface area (TPSA) is 33.2 Å². The van der Waals surface area contributed by atoms with Gasteiger partial charge in [0.1, 0.15) is 0 Å². The number of hydrogen-bond acceptors (Lipinski definition) is 3. The molecule has 1 aliphatic heterocycles. The average molecular weight is 609 g/mol. The molecule has 0 N–H and O–H groups in total. The molecule has 46 heavy (non-hydrogen) atoms. The highest BCUT2D eigenvalue weighted by molar-refractivity contribution is 7.86. The van der Waals surface area contributed by atoms with E-state index in [2.05, 4.69) is 113 Å². The highest BCUT2D eigenvalue weighted by Crippen LogP contribution is 2.58. The lowest BCUT2D eigenvalue weighted by Gasteiger charge is -2.40. The molecule has 6 aromatic carbocycles. The molecule has 1 aliphatic carbocycles. The second-order valence-electron chi connectivity index (χ2n) is 11.9. The molecule has 0 saturated heterocycles. The van der Waals surface area contributed by atoms with Crippen molar-refractivity contribution >= 4 is 40.1 Å². The summed E-state index contributed by atoms with van der Waals surface area (Å²) < 4.78 is 16.1. The average Bonchev–Trinajstić information content (AvgIpc) is 3.44. The maximum atomic E-state index is 16.1. The molecule has 1 unspecified atom stereocenters. The fourth-order valence-corrected chi connectivity index (χ4v) is 10.8. The first kappa shape index (κ1) is 26.9. The normalized spacial score (nSPS) is 17.0. The summed E-state index contributed by atoms with van der Waals surface area (Å²) >= 11 is 0. The van der Waals surface area contributed by atoms with Crippen LogP contribution < -0.4 is 20.8 Å². The van der Waals surface area contributed by atoms with E-state index in [1.807, 2.05) is 73.1 Å². The third kappa shape index (κ3) is 3.61. The summed E-state index contributed by atoms with van der Waals surface area (Å²) in [4.78, 5) is 6.89. The van der Waals surface area contributed by atoms with Crippen LogP contribution in [0.5, 0.6) is 0 Å². The van der Waals surface area contributed by atoms with Gasteiger partial charge in [0.15, 0.2) is 7.14 Å². The van der Waals surface area contributed by atoms with E-state index in [4.69, 9.17) is 0 Å². The number of aromatic nitrogens is 1. The molecule has 7 aromatic rings. The van der Waals surface area contributed by atoms with E-state index in [1.165, 1.54) is 22.3 Å². The summed E-state index contributed by atoms with van der Waals surface area (Å²) in [5.41, 5.74) is 9.24. The van der Waals surface area contributed by atoms with Gasteiger partial charge in [-0.15, -0.1) is 0 Å². The van der Waals surface area contributed by atoms with Crippen molar-refractivity contribution in [2.75, 3.05) is 4.90 Å². The Morgan fingerprint density at radius 1 is 0.522 bits per heavy atom. The Morgan fingerprint density at radius 3 is 1.83 bits per heavy atom. The summed E-state index contributed by atoms with van der Waals surface area (Å²) in [5, 5.41) is 2.51. The summed E-state index contributed by atoms with van der Waals surface area (Å²) in [6.07, 6.45) is 3.82. The number of rotatable bonds is 4. The van der Waals surface area contributed by atoms with Crippen LogP contribution in [0.15, 0.2) is 176 Å². The molecular formula is C42H29N2OP. The van der Waals surface area contributed by atoms with Gasteiger partial charge in [-0.2, -0.15) is 0 Å². The van der Waals surface area contributed by atoms with Gasteiger partial charge in [-0.3, -0.25) is 4.98 Å². The Kier molecular flexibility index (Phi) is 6.00. The molecule has 9 rings (SSSR count). The van der Waals surface area contributed by atoms with Gasteiger partial charge in [-0.1, -0.05) is 121 Å². The lowest BCUT2D eigenvalue weighted by atomic mass is 9.68. The van der Waals surface area contributed by atoms with Gasteiger partial charge in [0.05, 0.1) is 16.8 Å². The quantitative estimate of drug-likeness (QED) is 0.187. The van der Waals surface area contributed by atoms with Crippen molar-refractivity contribution in [3.63, 3.8) is 0 Å². The molecular weight excluding hydrogens is 579 g/mol. The Hall–Kier alpha value is -5.50. The molecule has 3 nitrogen and oxygen atoms in total. The maximum Gasteiger partial charge on any atom is 0.175 e. The first-order valence-corrected chi connectivity index (χ1v) is 17.3. The third-order valence-corrected chi connectivity index (χ3v) is 12.8.